The van der Waals surface area contributed by atoms with Crippen LogP contribution in [0.3, 0.4) is 0 Å². The summed E-state index contributed by atoms with van der Waals surface area (Å²) in [6.45, 7) is 2.54. The van der Waals surface area contributed by atoms with E-state index < -0.39 is 0 Å². The highest BCUT2D eigenvalue weighted by atomic mass is 35.5. The maximum atomic E-state index is 12.2. The van der Waals surface area contributed by atoms with Crippen molar-refractivity contribution >= 4 is 34.2 Å². The predicted molar refractivity (Wildman–Crippen MR) is 91.2 cm³/mol. The Morgan fingerprint density at radius 2 is 2.00 bits per heavy atom. The van der Waals surface area contributed by atoms with Gasteiger partial charge in [0.1, 0.15) is 11.3 Å². The monoisotopic (exact) mass is 329 g/mol. The fourth-order valence-corrected chi connectivity index (χ4v) is 2.54. The van der Waals surface area contributed by atoms with Gasteiger partial charge in [0.2, 0.25) is 5.91 Å². The highest BCUT2D eigenvalue weighted by Crippen LogP contribution is 2.25. The lowest BCUT2D eigenvalue weighted by Gasteiger charge is -2.06. The number of carbonyl (C=O) groups excluding carboxylic acids is 1. The number of rotatable bonds is 5. The SMILES string of the molecule is CCOc1ccc(NC(=O)Cc2coc3ccc(Cl)cc23)cc1. The number of nitrogens with one attached hydrogen (secondary N) is 1. The molecule has 118 valence electrons. The van der Waals surface area contributed by atoms with Gasteiger partial charge in [0, 0.05) is 21.7 Å². The second-order valence-corrected chi connectivity index (χ2v) is 5.52. The summed E-state index contributed by atoms with van der Waals surface area (Å²) in [4.78, 5) is 12.2. The summed E-state index contributed by atoms with van der Waals surface area (Å²) in [5.41, 5.74) is 2.26. The number of hydrogen-bond donors (Lipinski definition) is 1. The largest absolute Gasteiger partial charge is 0.494 e. The molecule has 0 atom stereocenters. The number of benzene rings is 2. The summed E-state index contributed by atoms with van der Waals surface area (Å²) in [7, 11) is 0. The number of anilines is 1. The van der Waals surface area contributed by atoms with E-state index in [0.29, 0.717) is 11.6 Å². The first-order valence-electron chi connectivity index (χ1n) is 7.34. The van der Waals surface area contributed by atoms with Crippen LogP contribution >= 0.6 is 11.6 Å². The van der Waals surface area contributed by atoms with Crippen molar-refractivity contribution in [2.75, 3.05) is 11.9 Å². The first-order valence-corrected chi connectivity index (χ1v) is 7.72. The Bertz CT molecular complexity index is 824. The van der Waals surface area contributed by atoms with Crippen LogP contribution in [0.2, 0.25) is 5.02 Å². The van der Waals surface area contributed by atoms with Crippen molar-refractivity contribution in [3.05, 3.63) is 59.3 Å². The third-order valence-corrected chi connectivity index (χ3v) is 3.65. The molecule has 0 aliphatic heterocycles. The zero-order valence-corrected chi connectivity index (χ0v) is 13.4. The van der Waals surface area contributed by atoms with Crippen molar-refractivity contribution in [3.8, 4) is 5.75 Å². The van der Waals surface area contributed by atoms with Crippen LogP contribution in [0.1, 0.15) is 12.5 Å². The molecule has 0 saturated carbocycles. The van der Waals surface area contributed by atoms with Crippen molar-refractivity contribution in [2.45, 2.75) is 13.3 Å². The molecule has 0 spiro atoms. The van der Waals surface area contributed by atoms with E-state index in [-0.39, 0.29) is 12.3 Å². The maximum absolute atomic E-state index is 12.2. The third-order valence-electron chi connectivity index (χ3n) is 3.42. The number of amides is 1. The molecule has 2 aromatic carbocycles. The van der Waals surface area contributed by atoms with Crippen LogP contribution in [0.25, 0.3) is 11.0 Å². The Hall–Kier alpha value is -2.46. The molecule has 1 N–H and O–H groups in total. The van der Waals surface area contributed by atoms with Crippen LogP contribution in [-0.2, 0) is 11.2 Å². The van der Waals surface area contributed by atoms with Crippen molar-refractivity contribution in [2.24, 2.45) is 0 Å². The molecular weight excluding hydrogens is 314 g/mol. The third kappa shape index (κ3) is 3.66. The van der Waals surface area contributed by atoms with E-state index in [2.05, 4.69) is 5.32 Å². The average molecular weight is 330 g/mol. The lowest BCUT2D eigenvalue weighted by molar-refractivity contribution is -0.115. The van der Waals surface area contributed by atoms with E-state index in [1.54, 1.807) is 24.5 Å². The van der Waals surface area contributed by atoms with Crippen molar-refractivity contribution in [1.82, 2.24) is 0 Å². The molecule has 0 aliphatic rings. The minimum Gasteiger partial charge on any atom is -0.494 e. The number of carbonyl (C=O) groups is 1. The van der Waals surface area contributed by atoms with Crippen molar-refractivity contribution in [1.29, 1.82) is 0 Å². The van der Waals surface area contributed by atoms with Gasteiger partial charge in [-0.2, -0.15) is 0 Å². The second kappa shape index (κ2) is 6.75. The average Bonchev–Trinajstić information content (AvgIpc) is 2.92. The number of halogens is 1. The van der Waals surface area contributed by atoms with Gasteiger partial charge in [-0.05, 0) is 49.4 Å². The van der Waals surface area contributed by atoms with E-state index in [1.807, 2.05) is 31.2 Å². The lowest BCUT2D eigenvalue weighted by atomic mass is 10.1. The summed E-state index contributed by atoms with van der Waals surface area (Å²) in [6.07, 6.45) is 1.82. The van der Waals surface area contributed by atoms with Gasteiger partial charge in [0.05, 0.1) is 19.3 Å². The lowest BCUT2D eigenvalue weighted by Crippen LogP contribution is -2.14. The first kappa shape index (κ1) is 15.4. The molecule has 0 unspecified atom stereocenters. The fraction of sp³-hybridized carbons (Fsp3) is 0.167. The molecular formula is C18H16ClNO3. The molecule has 3 aromatic rings. The Morgan fingerprint density at radius 1 is 1.22 bits per heavy atom. The van der Waals surface area contributed by atoms with E-state index in [0.717, 1.165) is 28.0 Å². The molecule has 0 radical (unpaired) electrons. The zero-order valence-electron chi connectivity index (χ0n) is 12.6. The van der Waals surface area contributed by atoms with Gasteiger partial charge in [-0.15, -0.1) is 0 Å². The van der Waals surface area contributed by atoms with Gasteiger partial charge in [-0.3, -0.25) is 4.79 Å². The van der Waals surface area contributed by atoms with E-state index >= 15 is 0 Å². The van der Waals surface area contributed by atoms with Crippen molar-refractivity contribution < 1.29 is 13.9 Å². The number of ether oxygens (including phenoxy) is 1. The normalized spacial score (nSPS) is 10.7. The van der Waals surface area contributed by atoms with Gasteiger partial charge in [-0.1, -0.05) is 11.6 Å². The Morgan fingerprint density at radius 3 is 2.74 bits per heavy atom. The summed E-state index contributed by atoms with van der Waals surface area (Å²) in [5, 5.41) is 4.34. The van der Waals surface area contributed by atoms with E-state index in [1.165, 1.54) is 0 Å². The minimum atomic E-state index is -0.114. The van der Waals surface area contributed by atoms with Crippen LogP contribution in [0.4, 0.5) is 5.69 Å². The fourth-order valence-electron chi connectivity index (χ4n) is 2.37. The molecule has 0 aliphatic carbocycles. The van der Waals surface area contributed by atoms with E-state index in [4.69, 9.17) is 20.8 Å². The zero-order chi connectivity index (χ0) is 16.2. The highest BCUT2D eigenvalue weighted by Gasteiger charge is 2.11. The number of furan rings is 1. The number of hydrogen-bond acceptors (Lipinski definition) is 3. The predicted octanol–water partition coefficient (Wildman–Crippen LogP) is 4.67. The van der Waals surface area contributed by atoms with Crippen LogP contribution in [-0.4, -0.2) is 12.5 Å². The Kier molecular flexibility index (Phi) is 4.53. The standard InChI is InChI=1S/C18H16ClNO3/c1-2-22-15-6-4-14(5-7-15)20-18(21)9-12-11-23-17-8-3-13(19)10-16(12)17/h3-8,10-11H,2,9H2,1H3,(H,20,21). The second-order valence-electron chi connectivity index (χ2n) is 5.08. The maximum Gasteiger partial charge on any atom is 0.228 e. The van der Waals surface area contributed by atoms with Gasteiger partial charge < -0.3 is 14.5 Å². The van der Waals surface area contributed by atoms with Crippen LogP contribution < -0.4 is 10.1 Å². The van der Waals surface area contributed by atoms with Gasteiger partial charge in [0.25, 0.3) is 0 Å². The highest BCUT2D eigenvalue weighted by molar-refractivity contribution is 6.31. The molecule has 0 fully saturated rings. The van der Waals surface area contributed by atoms with Crippen molar-refractivity contribution in [3.63, 3.8) is 0 Å². The topological polar surface area (TPSA) is 51.5 Å². The van der Waals surface area contributed by atoms with Crippen LogP contribution in [0, 0.1) is 0 Å². The van der Waals surface area contributed by atoms with Crippen LogP contribution in [0.15, 0.2) is 53.1 Å². The summed E-state index contributed by atoms with van der Waals surface area (Å²) in [6, 6.07) is 12.6. The summed E-state index contributed by atoms with van der Waals surface area (Å²) in [5.74, 6) is 0.665. The molecule has 3 rings (SSSR count). The molecule has 23 heavy (non-hydrogen) atoms. The molecule has 1 heterocycles. The molecule has 0 bridgehead atoms. The van der Waals surface area contributed by atoms with Gasteiger partial charge in [-0.25, -0.2) is 0 Å². The van der Waals surface area contributed by atoms with Gasteiger partial charge >= 0.3 is 0 Å². The minimum absolute atomic E-state index is 0.114. The smallest absolute Gasteiger partial charge is 0.228 e. The molecule has 1 aromatic heterocycles. The quantitative estimate of drug-likeness (QED) is 0.740. The summed E-state index contributed by atoms with van der Waals surface area (Å²) >= 11 is 6.00. The van der Waals surface area contributed by atoms with Crippen LogP contribution in [0.5, 0.6) is 5.75 Å². The number of fused-ring (bicyclic) bond motifs is 1. The molecule has 1 amide bonds. The molecule has 4 nitrogen and oxygen atoms in total. The van der Waals surface area contributed by atoms with E-state index in [9.17, 15) is 4.79 Å². The Labute approximate surface area is 139 Å². The van der Waals surface area contributed by atoms with Gasteiger partial charge in [0.15, 0.2) is 0 Å². The molecule has 5 heteroatoms. The molecule has 0 saturated heterocycles. The Balaban J connectivity index is 1.69. The first-order chi connectivity index (χ1) is 11.2. The summed E-state index contributed by atoms with van der Waals surface area (Å²) < 4.78 is 10.8.